The highest BCUT2D eigenvalue weighted by Gasteiger charge is 2.21. The Labute approximate surface area is 158 Å². The number of benzene rings is 1. The molecule has 1 aliphatic heterocycles. The molecule has 1 unspecified atom stereocenters. The smallest absolute Gasteiger partial charge is 0.227 e. The maximum absolute atomic E-state index is 13.7. The van der Waals surface area contributed by atoms with Crippen LogP contribution in [0.15, 0.2) is 46.3 Å². The Morgan fingerprint density at radius 2 is 2.04 bits per heavy atom. The largest absolute Gasteiger partial charge is 0.472 e. The zero-order chi connectivity index (χ0) is 18.7. The predicted molar refractivity (Wildman–Crippen MR) is 97.4 cm³/mol. The minimum atomic E-state index is -0.644. The van der Waals surface area contributed by atoms with Crippen molar-refractivity contribution in [3.05, 3.63) is 69.9 Å². The van der Waals surface area contributed by atoms with Crippen molar-refractivity contribution < 1.29 is 13.5 Å². The summed E-state index contributed by atoms with van der Waals surface area (Å²) in [5.41, 5.74) is 1.95. The topological polar surface area (TPSA) is 50.6 Å². The molecule has 0 N–H and O–H groups in total. The molecule has 5 nitrogen and oxygen atoms in total. The van der Waals surface area contributed by atoms with Crippen LogP contribution in [0.3, 0.4) is 0 Å². The molecule has 0 radical (unpaired) electrons. The summed E-state index contributed by atoms with van der Waals surface area (Å²) in [7, 11) is 0. The fourth-order valence-electron chi connectivity index (χ4n) is 2.37. The lowest BCUT2D eigenvalue weighted by Gasteiger charge is -2.29. The van der Waals surface area contributed by atoms with Crippen LogP contribution in [0.5, 0.6) is 0 Å². The predicted octanol–water partition coefficient (Wildman–Crippen LogP) is 4.08. The molecule has 8 heteroatoms. The lowest BCUT2D eigenvalue weighted by atomic mass is 10.2. The summed E-state index contributed by atoms with van der Waals surface area (Å²) in [6.45, 7) is 4.31. The van der Waals surface area contributed by atoms with E-state index in [1.807, 2.05) is 24.9 Å². The Bertz CT molecular complexity index is 855. The van der Waals surface area contributed by atoms with Gasteiger partial charge in [-0.25, -0.2) is 13.8 Å². The van der Waals surface area contributed by atoms with E-state index in [1.54, 1.807) is 12.4 Å². The molecule has 2 aromatic rings. The van der Waals surface area contributed by atoms with Gasteiger partial charge in [0.25, 0.3) is 0 Å². The molecule has 0 amide bonds. The van der Waals surface area contributed by atoms with Gasteiger partial charge < -0.3 is 9.64 Å². The standard InChI is InChI=1S/C18H17BrF2N4O/c1-11-6-23-15(7-22-11)8-25-9-16(19)18(24-12(25)2)26-10-13-3-4-14(20)5-17(13)21/h3-7,9,12H,8,10H2,1-2H3. The second-order valence-corrected chi connectivity index (χ2v) is 6.74. The lowest BCUT2D eigenvalue weighted by Crippen LogP contribution is -2.32. The number of hydrogen-bond acceptors (Lipinski definition) is 5. The molecule has 0 fully saturated rings. The first-order chi connectivity index (χ1) is 12.4. The van der Waals surface area contributed by atoms with Gasteiger partial charge in [-0.05, 0) is 41.9 Å². The van der Waals surface area contributed by atoms with Gasteiger partial charge in [0.05, 0.1) is 28.6 Å². The highest BCUT2D eigenvalue weighted by molar-refractivity contribution is 9.12. The fourth-order valence-corrected chi connectivity index (χ4v) is 2.85. The average molecular weight is 423 g/mol. The molecule has 2 heterocycles. The molecule has 3 rings (SSSR count). The summed E-state index contributed by atoms with van der Waals surface area (Å²) in [5, 5.41) is 0. The van der Waals surface area contributed by atoms with Crippen LogP contribution < -0.4 is 0 Å². The minimum Gasteiger partial charge on any atom is -0.472 e. The quantitative estimate of drug-likeness (QED) is 0.744. The molecule has 1 atom stereocenters. The first-order valence-corrected chi connectivity index (χ1v) is 8.77. The minimum absolute atomic E-state index is 0.0377. The molecule has 1 aliphatic rings. The molecular formula is C18H17BrF2N4O. The fraction of sp³-hybridized carbons (Fsp3) is 0.278. The molecule has 0 saturated heterocycles. The molecule has 0 bridgehead atoms. The van der Waals surface area contributed by atoms with E-state index in [4.69, 9.17) is 4.74 Å². The first-order valence-electron chi connectivity index (χ1n) is 7.98. The van der Waals surface area contributed by atoms with Crippen molar-refractivity contribution in [3.8, 4) is 0 Å². The van der Waals surface area contributed by atoms with E-state index in [1.165, 1.54) is 12.1 Å². The second kappa shape index (κ2) is 7.90. The van der Waals surface area contributed by atoms with Crippen LogP contribution in [-0.2, 0) is 17.9 Å². The van der Waals surface area contributed by atoms with E-state index in [9.17, 15) is 8.78 Å². The van der Waals surface area contributed by atoms with Crippen molar-refractivity contribution in [2.45, 2.75) is 33.2 Å². The molecule has 1 aromatic carbocycles. The van der Waals surface area contributed by atoms with Crippen molar-refractivity contribution in [3.63, 3.8) is 0 Å². The Hall–Kier alpha value is -2.35. The molecule has 0 saturated carbocycles. The molecule has 26 heavy (non-hydrogen) atoms. The maximum atomic E-state index is 13.7. The second-order valence-electron chi connectivity index (χ2n) is 5.89. The van der Waals surface area contributed by atoms with E-state index < -0.39 is 11.6 Å². The number of rotatable bonds is 4. The zero-order valence-electron chi connectivity index (χ0n) is 14.3. The Morgan fingerprint density at radius 1 is 1.23 bits per heavy atom. The number of aromatic nitrogens is 2. The van der Waals surface area contributed by atoms with Crippen LogP contribution in [0.2, 0.25) is 0 Å². The van der Waals surface area contributed by atoms with Crippen molar-refractivity contribution >= 4 is 21.8 Å². The van der Waals surface area contributed by atoms with Crippen LogP contribution in [0.25, 0.3) is 0 Å². The third-order valence-corrected chi connectivity index (χ3v) is 4.37. The summed E-state index contributed by atoms with van der Waals surface area (Å²) in [6, 6.07) is 3.39. The number of halogens is 3. The highest BCUT2D eigenvalue weighted by Crippen LogP contribution is 2.22. The van der Waals surface area contributed by atoms with Crippen LogP contribution in [0.4, 0.5) is 8.78 Å². The van der Waals surface area contributed by atoms with Crippen molar-refractivity contribution in [2.24, 2.45) is 4.99 Å². The van der Waals surface area contributed by atoms with Gasteiger partial charge in [0.2, 0.25) is 5.90 Å². The van der Waals surface area contributed by atoms with Gasteiger partial charge in [-0.3, -0.25) is 9.97 Å². The van der Waals surface area contributed by atoms with E-state index in [0.717, 1.165) is 17.5 Å². The number of nitrogens with zero attached hydrogens (tertiary/aromatic N) is 4. The molecular weight excluding hydrogens is 406 g/mol. The SMILES string of the molecule is Cc1cnc(CN2C=C(Br)C(OCc3ccc(F)cc3F)=NC2C)cn1. The highest BCUT2D eigenvalue weighted by atomic mass is 79.9. The number of ether oxygens (including phenoxy) is 1. The normalized spacial score (nSPS) is 17.0. The van der Waals surface area contributed by atoms with Crippen LogP contribution >= 0.6 is 15.9 Å². The van der Waals surface area contributed by atoms with Crippen LogP contribution in [0.1, 0.15) is 23.9 Å². The molecule has 136 valence electrons. The Kier molecular flexibility index (Phi) is 5.61. The van der Waals surface area contributed by atoms with Gasteiger partial charge in [0.1, 0.15) is 24.4 Å². The van der Waals surface area contributed by atoms with Gasteiger partial charge in [0, 0.05) is 24.0 Å². The van der Waals surface area contributed by atoms with Crippen molar-refractivity contribution in [2.75, 3.05) is 0 Å². The van der Waals surface area contributed by atoms with E-state index in [-0.39, 0.29) is 18.3 Å². The first kappa shape index (κ1) is 18.4. The summed E-state index contributed by atoms with van der Waals surface area (Å²) < 4.78 is 32.9. The van der Waals surface area contributed by atoms with Gasteiger partial charge in [-0.15, -0.1) is 0 Å². The van der Waals surface area contributed by atoms with Gasteiger partial charge in [0.15, 0.2) is 0 Å². The number of hydrogen-bond donors (Lipinski definition) is 0. The van der Waals surface area contributed by atoms with E-state index >= 15 is 0 Å². The van der Waals surface area contributed by atoms with Crippen molar-refractivity contribution in [1.82, 2.24) is 14.9 Å². The number of aryl methyl sites for hydroxylation is 1. The third-order valence-electron chi connectivity index (χ3n) is 3.83. The van der Waals surface area contributed by atoms with Crippen LogP contribution in [0, 0.1) is 18.6 Å². The van der Waals surface area contributed by atoms with Crippen LogP contribution in [-0.4, -0.2) is 26.9 Å². The summed E-state index contributed by atoms with van der Waals surface area (Å²) in [5.74, 6) is -0.896. The summed E-state index contributed by atoms with van der Waals surface area (Å²) >= 11 is 3.43. The Balaban J connectivity index is 1.65. The zero-order valence-corrected chi connectivity index (χ0v) is 15.9. The van der Waals surface area contributed by atoms with Gasteiger partial charge in [-0.2, -0.15) is 0 Å². The summed E-state index contributed by atoms with van der Waals surface area (Å²) in [6.07, 6.45) is 5.12. The molecule has 0 spiro atoms. The lowest BCUT2D eigenvalue weighted by molar-refractivity contribution is 0.249. The monoisotopic (exact) mass is 422 g/mol. The average Bonchev–Trinajstić information content (AvgIpc) is 2.60. The van der Waals surface area contributed by atoms with E-state index in [0.29, 0.717) is 16.9 Å². The van der Waals surface area contributed by atoms with E-state index in [2.05, 4.69) is 30.9 Å². The maximum Gasteiger partial charge on any atom is 0.227 e. The van der Waals surface area contributed by atoms with Gasteiger partial charge in [-0.1, -0.05) is 0 Å². The molecule has 1 aromatic heterocycles. The summed E-state index contributed by atoms with van der Waals surface area (Å²) in [4.78, 5) is 15.0. The number of aliphatic imine (C=N–C) groups is 1. The third kappa shape index (κ3) is 4.43. The molecule has 0 aliphatic carbocycles. The van der Waals surface area contributed by atoms with Crippen molar-refractivity contribution in [1.29, 1.82) is 0 Å². The Morgan fingerprint density at radius 3 is 2.73 bits per heavy atom. The van der Waals surface area contributed by atoms with Gasteiger partial charge >= 0.3 is 0 Å².